The van der Waals surface area contributed by atoms with Crippen molar-refractivity contribution in [1.29, 1.82) is 0 Å². The first kappa shape index (κ1) is 13.4. The predicted octanol–water partition coefficient (Wildman–Crippen LogP) is 1.52. The normalized spacial score (nSPS) is 10.1. The van der Waals surface area contributed by atoms with Crippen molar-refractivity contribution < 1.29 is 9.53 Å². The number of anilines is 1. The molecular weight excluding hydrogens is 342 g/mol. The largest absolute Gasteiger partial charge is 0.370 e. The smallest absolute Gasteiger partial charge is 0.243 e. The molecule has 0 bridgehead atoms. The van der Waals surface area contributed by atoms with Crippen LogP contribution in [0.1, 0.15) is 0 Å². The topological polar surface area (TPSA) is 77.2 Å². The Morgan fingerprint density at radius 2 is 2.31 bits per heavy atom. The van der Waals surface area contributed by atoms with Gasteiger partial charge in [0.2, 0.25) is 5.91 Å². The lowest BCUT2D eigenvalue weighted by Crippen LogP contribution is -2.20. The van der Waals surface area contributed by atoms with Gasteiger partial charge in [-0.2, -0.15) is 0 Å². The molecule has 0 fully saturated rings. The molecule has 1 rings (SSSR count). The minimum absolute atomic E-state index is 0.0589. The standard InChI is InChI=1S/C9H11Br2N3O2/c10-6-3-7(11)9(14-4-6)13-1-2-16-5-8(12)15/h3-4H,1-2,5H2,(H2,12,15)(H,13,14). The summed E-state index contributed by atoms with van der Waals surface area (Å²) in [6.45, 7) is 0.893. The van der Waals surface area contributed by atoms with E-state index >= 15 is 0 Å². The molecule has 5 nitrogen and oxygen atoms in total. The zero-order chi connectivity index (χ0) is 12.0. The number of aromatic nitrogens is 1. The number of nitrogens with zero attached hydrogens (tertiary/aromatic N) is 1. The maximum atomic E-state index is 10.4. The van der Waals surface area contributed by atoms with Crippen LogP contribution in [-0.4, -0.2) is 30.6 Å². The number of hydrogen-bond acceptors (Lipinski definition) is 4. The Balaban J connectivity index is 2.29. The molecule has 0 spiro atoms. The first-order chi connectivity index (χ1) is 7.59. The SMILES string of the molecule is NC(=O)COCCNc1ncc(Br)cc1Br. The summed E-state index contributed by atoms with van der Waals surface area (Å²) < 4.78 is 6.75. The average Bonchev–Trinajstić information content (AvgIpc) is 2.20. The van der Waals surface area contributed by atoms with Gasteiger partial charge in [0.05, 0.1) is 11.1 Å². The van der Waals surface area contributed by atoms with Crippen LogP contribution in [0.2, 0.25) is 0 Å². The van der Waals surface area contributed by atoms with Gasteiger partial charge < -0.3 is 15.8 Å². The van der Waals surface area contributed by atoms with Crippen molar-refractivity contribution in [2.24, 2.45) is 5.73 Å². The van der Waals surface area contributed by atoms with Crippen molar-refractivity contribution in [3.05, 3.63) is 21.2 Å². The monoisotopic (exact) mass is 351 g/mol. The van der Waals surface area contributed by atoms with Gasteiger partial charge in [0, 0.05) is 17.2 Å². The van der Waals surface area contributed by atoms with E-state index in [1.54, 1.807) is 6.20 Å². The quantitative estimate of drug-likeness (QED) is 0.761. The van der Waals surface area contributed by atoms with Crippen LogP contribution in [0.15, 0.2) is 21.2 Å². The molecule has 0 unspecified atom stereocenters. The van der Waals surface area contributed by atoms with E-state index < -0.39 is 5.91 Å². The van der Waals surface area contributed by atoms with Crippen molar-refractivity contribution in [2.75, 3.05) is 25.1 Å². The van der Waals surface area contributed by atoms with Crippen LogP contribution in [0.25, 0.3) is 0 Å². The van der Waals surface area contributed by atoms with Crippen LogP contribution in [0.3, 0.4) is 0 Å². The summed E-state index contributed by atoms with van der Waals surface area (Å²) >= 11 is 6.68. The summed E-state index contributed by atoms with van der Waals surface area (Å²) in [5, 5.41) is 3.06. The third kappa shape index (κ3) is 4.91. The Bertz CT molecular complexity index is 374. The fraction of sp³-hybridized carbons (Fsp3) is 0.333. The highest BCUT2D eigenvalue weighted by atomic mass is 79.9. The summed E-state index contributed by atoms with van der Waals surface area (Å²) in [6.07, 6.45) is 1.69. The van der Waals surface area contributed by atoms with E-state index in [1.165, 1.54) is 0 Å². The Hall–Kier alpha value is -0.660. The van der Waals surface area contributed by atoms with E-state index in [2.05, 4.69) is 42.2 Å². The Kier molecular flexibility index (Phi) is 5.72. The highest BCUT2D eigenvalue weighted by Gasteiger charge is 2.01. The van der Waals surface area contributed by atoms with Gasteiger partial charge in [0.25, 0.3) is 0 Å². The molecule has 0 radical (unpaired) electrons. The third-order valence-electron chi connectivity index (χ3n) is 1.59. The molecule has 3 N–H and O–H groups in total. The number of primary amides is 1. The van der Waals surface area contributed by atoms with E-state index in [-0.39, 0.29) is 6.61 Å². The van der Waals surface area contributed by atoms with E-state index in [4.69, 9.17) is 10.5 Å². The predicted molar refractivity (Wildman–Crippen MR) is 68.1 cm³/mol. The molecule has 0 atom stereocenters. The molecule has 7 heteroatoms. The van der Waals surface area contributed by atoms with Gasteiger partial charge in [0.15, 0.2) is 0 Å². The Morgan fingerprint density at radius 1 is 1.56 bits per heavy atom. The number of nitrogens with two attached hydrogens (primary N) is 1. The molecular formula is C9H11Br2N3O2. The van der Waals surface area contributed by atoms with Gasteiger partial charge in [-0.05, 0) is 37.9 Å². The molecule has 0 saturated carbocycles. The van der Waals surface area contributed by atoms with E-state index in [0.717, 1.165) is 14.8 Å². The molecule has 0 aliphatic rings. The van der Waals surface area contributed by atoms with Gasteiger partial charge in [-0.1, -0.05) is 0 Å². The number of carbonyl (C=O) groups is 1. The second-order valence-electron chi connectivity index (χ2n) is 2.93. The summed E-state index contributed by atoms with van der Waals surface area (Å²) in [5.41, 5.74) is 4.92. The number of pyridine rings is 1. The number of nitrogens with one attached hydrogen (secondary N) is 1. The molecule has 88 valence electrons. The summed E-state index contributed by atoms with van der Waals surface area (Å²) in [6, 6.07) is 1.89. The number of halogens is 2. The summed E-state index contributed by atoms with van der Waals surface area (Å²) in [4.78, 5) is 14.5. The van der Waals surface area contributed by atoms with E-state index in [1.807, 2.05) is 6.07 Å². The second-order valence-corrected chi connectivity index (χ2v) is 4.70. The van der Waals surface area contributed by atoms with E-state index in [9.17, 15) is 4.79 Å². The van der Waals surface area contributed by atoms with Crippen LogP contribution >= 0.6 is 31.9 Å². The lowest BCUT2D eigenvalue weighted by atomic mass is 10.4. The van der Waals surface area contributed by atoms with Crippen LogP contribution < -0.4 is 11.1 Å². The van der Waals surface area contributed by atoms with Crippen molar-refractivity contribution in [1.82, 2.24) is 4.98 Å². The first-order valence-corrected chi connectivity index (χ1v) is 6.09. The number of amides is 1. The fourth-order valence-corrected chi connectivity index (χ4v) is 2.09. The number of ether oxygens (including phenoxy) is 1. The Labute approximate surface area is 110 Å². The lowest BCUT2D eigenvalue weighted by molar-refractivity contribution is -0.122. The van der Waals surface area contributed by atoms with Gasteiger partial charge in [-0.3, -0.25) is 4.79 Å². The van der Waals surface area contributed by atoms with Crippen LogP contribution in [0, 0.1) is 0 Å². The number of carbonyl (C=O) groups excluding carboxylic acids is 1. The van der Waals surface area contributed by atoms with Crippen LogP contribution in [0.4, 0.5) is 5.82 Å². The third-order valence-corrected chi connectivity index (χ3v) is 2.63. The lowest BCUT2D eigenvalue weighted by Gasteiger charge is -2.07. The minimum Gasteiger partial charge on any atom is -0.370 e. The van der Waals surface area contributed by atoms with E-state index in [0.29, 0.717) is 13.2 Å². The van der Waals surface area contributed by atoms with Crippen molar-refractivity contribution in [3.8, 4) is 0 Å². The molecule has 0 saturated heterocycles. The molecule has 1 aromatic rings. The van der Waals surface area contributed by atoms with Crippen LogP contribution in [-0.2, 0) is 9.53 Å². The molecule has 0 aliphatic carbocycles. The fourth-order valence-electron chi connectivity index (χ4n) is 0.959. The second kappa shape index (κ2) is 6.82. The van der Waals surface area contributed by atoms with Gasteiger partial charge in [-0.15, -0.1) is 0 Å². The average molecular weight is 353 g/mol. The molecule has 16 heavy (non-hydrogen) atoms. The number of hydrogen-bond donors (Lipinski definition) is 2. The van der Waals surface area contributed by atoms with Crippen molar-refractivity contribution in [2.45, 2.75) is 0 Å². The van der Waals surface area contributed by atoms with Gasteiger partial charge in [0.1, 0.15) is 12.4 Å². The maximum Gasteiger partial charge on any atom is 0.243 e. The molecule has 0 aromatic carbocycles. The molecule has 1 aromatic heterocycles. The van der Waals surface area contributed by atoms with Crippen molar-refractivity contribution in [3.63, 3.8) is 0 Å². The summed E-state index contributed by atoms with van der Waals surface area (Å²) in [5.74, 6) is 0.258. The molecule has 1 heterocycles. The summed E-state index contributed by atoms with van der Waals surface area (Å²) in [7, 11) is 0. The van der Waals surface area contributed by atoms with Gasteiger partial charge in [-0.25, -0.2) is 4.98 Å². The maximum absolute atomic E-state index is 10.4. The highest BCUT2D eigenvalue weighted by Crippen LogP contribution is 2.22. The minimum atomic E-state index is -0.469. The van der Waals surface area contributed by atoms with Gasteiger partial charge >= 0.3 is 0 Å². The van der Waals surface area contributed by atoms with Crippen molar-refractivity contribution >= 4 is 43.6 Å². The first-order valence-electron chi connectivity index (χ1n) is 4.50. The highest BCUT2D eigenvalue weighted by molar-refractivity contribution is 9.11. The van der Waals surface area contributed by atoms with Crippen LogP contribution in [0.5, 0.6) is 0 Å². The zero-order valence-corrected chi connectivity index (χ0v) is 11.5. The Morgan fingerprint density at radius 3 is 2.94 bits per heavy atom. The zero-order valence-electron chi connectivity index (χ0n) is 8.37. The molecule has 1 amide bonds. The number of rotatable bonds is 6. The molecule has 0 aliphatic heterocycles.